The molecule has 5 rings (SSSR count). The molecule has 0 radical (unpaired) electrons. The molecule has 2 N–H and O–H groups in total. The minimum Gasteiger partial charge on any atom is -0.360 e. The first-order valence-corrected chi connectivity index (χ1v) is 11.8. The fourth-order valence-corrected chi connectivity index (χ4v) is 5.61. The highest BCUT2D eigenvalue weighted by Crippen LogP contribution is 2.36. The summed E-state index contributed by atoms with van der Waals surface area (Å²) in [7, 11) is 0. The van der Waals surface area contributed by atoms with E-state index >= 15 is 0 Å². The van der Waals surface area contributed by atoms with Crippen molar-refractivity contribution in [3.05, 3.63) is 52.9 Å². The molecule has 1 aliphatic heterocycles. The maximum absolute atomic E-state index is 12.8. The van der Waals surface area contributed by atoms with E-state index in [-0.39, 0.29) is 5.69 Å². The highest BCUT2D eigenvalue weighted by Gasteiger charge is 2.21. The van der Waals surface area contributed by atoms with Crippen molar-refractivity contribution in [2.45, 2.75) is 38.6 Å². The summed E-state index contributed by atoms with van der Waals surface area (Å²) in [5.41, 5.74) is 5.26. The summed E-state index contributed by atoms with van der Waals surface area (Å²) in [5.74, 6) is 2.75. The highest BCUT2D eigenvalue weighted by atomic mass is 32.2. The number of imidazole rings is 1. The van der Waals surface area contributed by atoms with Crippen LogP contribution in [-0.4, -0.2) is 27.7 Å². The molecule has 29 heavy (non-hydrogen) atoms. The average molecular weight is 409 g/mol. The maximum Gasteiger partial charge on any atom is 0.326 e. The average Bonchev–Trinajstić information content (AvgIpc) is 3.38. The van der Waals surface area contributed by atoms with Crippen LogP contribution in [-0.2, 0) is 6.54 Å². The first-order valence-electron chi connectivity index (χ1n) is 10.7. The Kier molecular flexibility index (Phi) is 5.27. The molecule has 1 aromatic heterocycles. The number of aromatic nitrogens is 2. The number of fused-ring (bicyclic) bond motifs is 1. The zero-order valence-corrected chi connectivity index (χ0v) is 17.5. The van der Waals surface area contributed by atoms with Crippen LogP contribution in [0.5, 0.6) is 0 Å². The van der Waals surface area contributed by atoms with Gasteiger partial charge in [-0.15, -0.1) is 11.8 Å². The highest BCUT2D eigenvalue weighted by molar-refractivity contribution is 7.99. The van der Waals surface area contributed by atoms with E-state index in [4.69, 9.17) is 0 Å². The smallest absolute Gasteiger partial charge is 0.326 e. The Morgan fingerprint density at radius 1 is 1.10 bits per heavy atom. The van der Waals surface area contributed by atoms with Crippen molar-refractivity contribution in [2.24, 2.45) is 5.92 Å². The normalized spacial score (nSPS) is 17.9. The van der Waals surface area contributed by atoms with Crippen LogP contribution >= 0.6 is 11.8 Å². The van der Waals surface area contributed by atoms with Crippen molar-refractivity contribution < 1.29 is 0 Å². The van der Waals surface area contributed by atoms with E-state index in [1.54, 1.807) is 0 Å². The van der Waals surface area contributed by atoms with E-state index in [1.165, 1.54) is 37.8 Å². The molecule has 2 heterocycles. The van der Waals surface area contributed by atoms with E-state index in [2.05, 4.69) is 39.5 Å². The van der Waals surface area contributed by atoms with Gasteiger partial charge in [0.05, 0.1) is 28.3 Å². The van der Waals surface area contributed by atoms with Gasteiger partial charge in [-0.05, 0) is 43.0 Å². The van der Waals surface area contributed by atoms with Crippen LogP contribution in [0.4, 0.5) is 17.1 Å². The number of hydrogen-bond donors (Lipinski definition) is 2. The SMILES string of the molecule is O=c1[nH]c2cc(Nc3ccccc3)c(N3CCSC3)cc2n1CC1CCCCC1. The second-order valence-corrected chi connectivity index (χ2v) is 9.30. The third kappa shape index (κ3) is 3.90. The van der Waals surface area contributed by atoms with Crippen molar-refractivity contribution in [3.63, 3.8) is 0 Å². The van der Waals surface area contributed by atoms with Crippen LogP contribution in [0.25, 0.3) is 11.0 Å². The second kappa shape index (κ2) is 8.19. The van der Waals surface area contributed by atoms with Crippen LogP contribution in [0.15, 0.2) is 47.3 Å². The van der Waals surface area contributed by atoms with E-state index < -0.39 is 0 Å². The summed E-state index contributed by atoms with van der Waals surface area (Å²) in [5, 5.41) is 3.57. The molecule has 0 bridgehead atoms. The topological polar surface area (TPSA) is 53.1 Å². The van der Waals surface area contributed by atoms with Crippen LogP contribution in [0.2, 0.25) is 0 Å². The Morgan fingerprint density at radius 3 is 2.69 bits per heavy atom. The standard InChI is InChI=1S/C23H28N4OS/c28-23-25-20-13-19(24-18-9-5-2-6-10-18)21(26-11-12-29-16-26)14-22(20)27(23)15-17-7-3-1-4-8-17/h2,5-6,9-10,13-14,17,24H,1,3-4,7-8,11-12,15-16H2,(H,25,28). The number of rotatable bonds is 5. The molecule has 2 aromatic carbocycles. The van der Waals surface area contributed by atoms with Crippen LogP contribution in [0.3, 0.4) is 0 Å². The summed E-state index contributed by atoms with van der Waals surface area (Å²) in [6, 6.07) is 14.6. The first kappa shape index (κ1) is 18.7. The van der Waals surface area contributed by atoms with Crippen LogP contribution < -0.4 is 15.9 Å². The third-order valence-corrected chi connectivity index (χ3v) is 7.17. The molecule has 3 aromatic rings. The molecule has 0 amide bonds. The van der Waals surface area contributed by atoms with E-state index in [9.17, 15) is 4.79 Å². The molecule has 1 saturated heterocycles. The Balaban J connectivity index is 1.55. The molecule has 6 heteroatoms. The number of benzene rings is 2. The van der Waals surface area contributed by atoms with Gasteiger partial charge in [-0.25, -0.2) is 4.79 Å². The van der Waals surface area contributed by atoms with Gasteiger partial charge in [-0.3, -0.25) is 4.57 Å². The van der Waals surface area contributed by atoms with Gasteiger partial charge >= 0.3 is 5.69 Å². The third-order valence-electron chi connectivity index (χ3n) is 6.20. The van der Waals surface area contributed by atoms with E-state index in [0.717, 1.165) is 47.1 Å². The lowest BCUT2D eigenvalue weighted by molar-refractivity contribution is 0.319. The summed E-state index contributed by atoms with van der Waals surface area (Å²) >= 11 is 1.96. The number of thioether (sulfide) groups is 1. The first-order chi connectivity index (χ1) is 14.3. The molecule has 2 fully saturated rings. The van der Waals surface area contributed by atoms with Gasteiger partial charge in [-0.2, -0.15) is 0 Å². The molecule has 1 aliphatic carbocycles. The number of aromatic amines is 1. The second-order valence-electron chi connectivity index (χ2n) is 8.22. The van der Waals surface area contributed by atoms with Crippen molar-refractivity contribution in [1.29, 1.82) is 0 Å². The van der Waals surface area contributed by atoms with Gasteiger partial charge in [0.15, 0.2) is 0 Å². The molecule has 0 spiro atoms. The number of anilines is 3. The number of H-pyrrole nitrogens is 1. The predicted octanol–water partition coefficient (Wildman–Crippen LogP) is 5.16. The Hall–Kier alpha value is -2.34. The van der Waals surface area contributed by atoms with Gasteiger partial charge in [0.2, 0.25) is 0 Å². The lowest BCUT2D eigenvalue weighted by Crippen LogP contribution is -2.23. The van der Waals surface area contributed by atoms with Crippen LogP contribution in [0.1, 0.15) is 32.1 Å². The molecular formula is C23H28N4OS. The van der Waals surface area contributed by atoms with Crippen molar-refractivity contribution >= 4 is 39.9 Å². The molecule has 2 aliphatic rings. The molecule has 5 nitrogen and oxygen atoms in total. The number of nitrogens with one attached hydrogen (secondary N) is 2. The Labute approximate surface area is 175 Å². The lowest BCUT2D eigenvalue weighted by Gasteiger charge is -2.23. The lowest BCUT2D eigenvalue weighted by atomic mass is 9.89. The quantitative estimate of drug-likeness (QED) is 0.612. The van der Waals surface area contributed by atoms with E-state index in [0.29, 0.717) is 5.92 Å². The van der Waals surface area contributed by atoms with Crippen molar-refractivity contribution in [3.8, 4) is 0 Å². The summed E-state index contributed by atoms with van der Waals surface area (Å²) in [6.07, 6.45) is 6.40. The Morgan fingerprint density at radius 2 is 1.93 bits per heavy atom. The zero-order chi connectivity index (χ0) is 19.6. The van der Waals surface area contributed by atoms with Crippen molar-refractivity contribution in [2.75, 3.05) is 28.4 Å². The van der Waals surface area contributed by atoms with Gasteiger partial charge in [0, 0.05) is 24.5 Å². The summed E-state index contributed by atoms with van der Waals surface area (Å²) in [4.78, 5) is 18.3. The molecule has 152 valence electrons. The largest absolute Gasteiger partial charge is 0.360 e. The van der Waals surface area contributed by atoms with Crippen LogP contribution in [0, 0.1) is 5.92 Å². The van der Waals surface area contributed by atoms with Crippen molar-refractivity contribution in [1.82, 2.24) is 9.55 Å². The number of hydrogen-bond acceptors (Lipinski definition) is 4. The van der Waals surface area contributed by atoms with Gasteiger partial charge in [-0.1, -0.05) is 37.5 Å². The monoisotopic (exact) mass is 408 g/mol. The number of para-hydroxylation sites is 1. The molecular weight excluding hydrogens is 380 g/mol. The van der Waals surface area contributed by atoms with Gasteiger partial charge < -0.3 is 15.2 Å². The maximum atomic E-state index is 12.8. The predicted molar refractivity (Wildman–Crippen MR) is 124 cm³/mol. The number of nitrogens with zero attached hydrogens (tertiary/aromatic N) is 2. The van der Waals surface area contributed by atoms with Gasteiger partial charge in [0.25, 0.3) is 0 Å². The minimum atomic E-state index is 0.0178. The summed E-state index contributed by atoms with van der Waals surface area (Å²) < 4.78 is 1.98. The fraction of sp³-hybridized carbons (Fsp3) is 0.435. The molecule has 0 atom stereocenters. The van der Waals surface area contributed by atoms with Gasteiger partial charge in [0.1, 0.15) is 0 Å². The minimum absolute atomic E-state index is 0.0178. The molecule has 0 unspecified atom stereocenters. The summed E-state index contributed by atoms with van der Waals surface area (Å²) in [6.45, 7) is 1.87. The zero-order valence-electron chi connectivity index (χ0n) is 16.7. The fourth-order valence-electron chi connectivity index (χ4n) is 4.64. The Bertz CT molecular complexity index is 1030. The molecule has 1 saturated carbocycles. The van der Waals surface area contributed by atoms with E-state index in [1.807, 2.05) is 34.5 Å².